The highest BCUT2D eigenvalue weighted by atomic mass is 19.4. The topological polar surface area (TPSA) is 61.4 Å². The lowest BCUT2D eigenvalue weighted by Gasteiger charge is -2.16. The zero-order valence-electron chi connectivity index (χ0n) is 11.9. The molecule has 2 atom stereocenters. The molecule has 1 aromatic carbocycles. The molecular formula is C15H17F3N2O2. The van der Waals surface area contributed by atoms with E-state index < -0.39 is 17.8 Å². The van der Waals surface area contributed by atoms with Crippen LogP contribution in [0.5, 0.6) is 0 Å². The summed E-state index contributed by atoms with van der Waals surface area (Å²) in [6, 6.07) is 2.40. The molecule has 3 N–H and O–H groups in total. The van der Waals surface area contributed by atoms with Crippen molar-refractivity contribution in [3.05, 3.63) is 41.5 Å². The molecule has 2 rings (SSSR count). The molecule has 0 aromatic heterocycles. The molecule has 0 bridgehead atoms. The van der Waals surface area contributed by atoms with Crippen LogP contribution in [0.25, 0.3) is 0 Å². The summed E-state index contributed by atoms with van der Waals surface area (Å²) in [7, 11) is 0. The number of carbonyl (C=O) groups is 1. The van der Waals surface area contributed by atoms with E-state index in [1.165, 1.54) is 6.07 Å². The van der Waals surface area contributed by atoms with Gasteiger partial charge >= 0.3 is 12.2 Å². The number of alkyl halides is 3. The first kappa shape index (κ1) is 16.4. The van der Waals surface area contributed by atoms with E-state index in [0.29, 0.717) is 12.0 Å². The minimum absolute atomic E-state index is 0.000549. The molecule has 0 radical (unpaired) electrons. The maximum Gasteiger partial charge on any atom is 0.416 e. The summed E-state index contributed by atoms with van der Waals surface area (Å²) in [5, 5.41) is 14.1. The van der Waals surface area contributed by atoms with Gasteiger partial charge in [0.25, 0.3) is 0 Å². The molecule has 22 heavy (non-hydrogen) atoms. The number of carbonyl (C=O) groups excluding carboxylic acids is 1. The van der Waals surface area contributed by atoms with Crippen LogP contribution in [-0.4, -0.2) is 23.8 Å². The van der Waals surface area contributed by atoms with Gasteiger partial charge in [0.2, 0.25) is 0 Å². The molecule has 2 amide bonds. The van der Waals surface area contributed by atoms with E-state index in [1.54, 1.807) is 19.1 Å². The molecular weight excluding hydrogens is 297 g/mol. The molecule has 7 heteroatoms. The van der Waals surface area contributed by atoms with Crippen molar-refractivity contribution in [2.45, 2.75) is 25.6 Å². The Labute approximate surface area is 126 Å². The van der Waals surface area contributed by atoms with Crippen molar-refractivity contribution >= 4 is 11.7 Å². The first-order valence-electron chi connectivity index (χ1n) is 6.84. The van der Waals surface area contributed by atoms with Gasteiger partial charge in [-0.25, -0.2) is 4.79 Å². The Morgan fingerprint density at radius 1 is 1.36 bits per heavy atom. The molecule has 0 saturated heterocycles. The summed E-state index contributed by atoms with van der Waals surface area (Å²) in [5.74, 6) is 0.000549. The Morgan fingerprint density at radius 2 is 2.09 bits per heavy atom. The fourth-order valence-electron chi connectivity index (χ4n) is 2.28. The van der Waals surface area contributed by atoms with Gasteiger partial charge in [-0.15, -0.1) is 0 Å². The maximum atomic E-state index is 12.7. The van der Waals surface area contributed by atoms with Gasteiger partial charge in [0.15, 0.2) is 0 Å². The summed E-state index contributed by atoms with van der Waals surface area (Å²) in [4.78, 5) is 11.9. The third-order valence-electron chi connectivity index (χ3n) is 3.54. The number of anilines is 1. The predicted octanol–water partition coefficient (Wildman–Crippen LogP) is 3.07. The molecule has 1 aliphatic carbocycles. The van der Waals surface area contributed by atoms with E-state index in [0.717, 1.165) is 12.1 Å². The zero-order valence-corrected chi connectivity index (χ0v) is 11.9. The van der Waals surface area contributed by atoms with Crippen LogP contribution in [0, 0.1) is 12.8 Å². The first-order valence-corrected chi connectivity index (χ1v) is 6.84. The third-order valence-corrected chi connectivity index (χ3v) is 3.54. The van der Waals surface area contributed by atoms with Crippen molar-refractivity contribution in [3.63, 3.8) is 0 Å². The Morgan fingerprint density at radius 3 is 2.68 bits per heavy atom. The number of nitrogens with one attached hydrogen (secondary N) is 2. The standard InChI is InChI=1S/C15H17F3N2O2/c1-9-2-4-11(15(16,17)18)7-13(9)20-14(22)19-12-5-3-10(6-12)8-21/h2-5,7,10,12,21H,6,8H2,1H3,(H2,19,20,22)/t10-,12+/m0/s1. The minimum Gasteiger partial charge on any atom is -0.396 e. The minimum atomic E-state index is -4.46. The van der Waals surface area contributed by atoms with E-state index >= 15 is 0 Å². The number of hydrogen-bond acceptors (Lipinski definition) is 2. The van der Waals surface area contributed by atoms with Crippen molar-refractivity contribution < 1.29 is 23.1 Å². The van der Waals surface area contributed by atoms with Crippen LogP contribution in [0.3, 0.4) is 0 Å². The van der Waals surface area contributed by atoms with Gasteiger partial charge in [0.05, 0.1) is 5.56 Å². The van der Waals surface area contributed by atoms with Gasteiger partial charge in [-0.1, -0.05) is 18.2 Å². The van der Waals surface area contributed by atoms with Crippen LogP contribution in [0.2, 0.25) is 0 Å². The quantitative estimate of drug-likeness (QED) is 0.751. The largest absolute Gasteiger partial charge is 0.416 e. The highest BCUT2D eigenvalue weighted by Crippen LogP contribution is 2.32. The number of aliphatic hydroxyl groups excluding tert-OH is 1. The summed E-state index contributed by atoms with van der Waals surface area (Å²) >= 11 is 0. The second-order valence-corrected chi connectivity index (χ2v) is 5.30. The average molecular weight is 314 g/mol. The molecule has 0 aliphatic heterocycles. The SMILES string of the molecule is Cc1ccc(C(F)(F)F)cc1NC(=O)N[C@@H]1C=C[C@H](CO)C1. The molecule has 0 spiro atoms. The van der Waals surface area contributed by atoms with Crippen LogP contribution in [0.4, 0.5) is 23.7 Å². The molecule has 0 fully saturated rings. The van der Waals surface area contributed by atoms with E-state index in [9.17, 15) is 18.0 Å². The summed E-state index contributed by atoms with van der Waals surface area (Å²) < 4.78 is 38.1. The van der Waals surface area contributed by atoms with Gasteiger partial charge < -0.3 is 15.7 Å². The number of hydrogen-bond donors (Lipinski definition) is 3. The predicted molar refractivity (Wildman–Crippen MR) is 76.5 cm³/mol. The van der Waals surface area contributed by atoms with Gasteiger partial charge in [0, 0.05) is 24.3 Å². The highest BCUT2D eigenvalue weighted by Gasteiger charge is 2.31. The Balaban J connectivity index is 2.01. The van der Waals surface area contributed by atoms with Gasteiger partial charge in [-0.2, -0.15) is 13.2 Å². The number of aryl methyl sites for hydroxylation is 1. The maximum absolute atomic E-state index is 12.7. The summed E-state index contributed by atoms with van der Waals surface area (Å²) in [6.07, 6.45) is -0.311. The van der Waals surface area contributed by atoms with Crippen LogP contribution >= 0.6 is 0 Å². The highest BCUT2D eigenvalue weighted by molar-refractivity contribution is 5.90. The third kappa shape index (κ3) is 4.00. The second kappa shape index (κ2) is 6.39. The molecule has 1 aliphatic rings. The fourth-order valence-corrected chi connectivity index (χ4v) is 2.28. The zero-order chi connectivity index (χ0) is 16.3. The molecule has 0 unspecified atom stereocenters. The van der Waals surface area contributed by atoms with Gasteiger partial charge in [-0.05, 0) is 31.0 Å². The Bertz CT molecular complexity index is 585. The molecule has 120 valence electrons. The number of rotatable bonds is 3. The summed E-state index contributed by atoms with van der Waals surface area (Å²) in [5.41, 5.74) is -0.152. The average Bonchev–Trinajstić information content (AvgIpc) is 2.87. The van der Waals surface area contributed by atoms with Crippen molar-refractivity contribution in [2.75, 3.05) is 11.9 Å². The Hall–Kier alpha value is -2.02. The normalized spacial score (nSPS) is 21.0. The first-order chi connectivity index (χ1) is 10.3. The number of urea groups is 1. The van der Waals surface area contributed by atoms with Crippen molar-refractivity contribution in [1.82, 2.24) is 5.32 Å². The molecule has 4 nitrogen and oxygen atoms in total. The summed E-state index contributed by atoms with van der Waals surface area (Å²) in [6.45, 7) is 1.62. The lowest BCUT2D eigenvalue weighted by atomic mass is 10.1. The monoisotopic (exact) mass is 314 g/mol. The van der Waals surface area contributed by atoms with Crippen molar-refractivity contribution in [2.24, 2.45) is 5.92 Å². The van der Waals surface area contributed by atoms with Crippen molar-refractivity contribution in [1.29, 1.82) is 0 Å². The molecule has 0 saturated carbocycles. The van der Waals surface area contributed by atoms with Crippen LogP contribution < -0.4 is 10.6 Å². The van der Waals surface area contributed by atoms with E-state index in [-0.39, 0.29) is 24.3 Å². The van der Waals surface area contributed by atoms with Crippen LogP contribution in [0.15, 0.2) is 30.4 Å². The van der Waals surface area contributed by atoms with E-state index in [1.807, 2.05) is 0 Å². The molecule has 0 heterocycles. The van der Waals surface area contributed by atoms with Crippen molar-refractivity contribution in [3.8, 4) is 0 Å². The van der Waals surface area contributed by atoms with E-state index in [4.69, 9.17) is 5.11 Å². The smallest absolute Gasteiger partial charge is 0.396 e. The lowest BCUT2D eigenvalue weighted by Crippen LogP contribution is -2.36. The Kier molecular flexibility index (Phi) is 4.75. The van der Waals surface area contributed by atoms with E-state index in [2.05, 4.69) is 10.6 Å². The number of amides is 2. The van der Waals surface area contributed by atoms with Gasteiger partial charge in [0.1, 0.15) is 0 Å². The fraction of sp³-hybridized carbons (Fsp3) is 0.400. The van der Waals surface area contributed by atoms with Crippen LogP contribution in [-0.2, 0) is 6.18 Å². The van der Waals surface area contributed by atoms with Gasteiger partial charge in [-0.3, -0.25) is 0 Å². The second-order valence-electron chi connectivity index (χ2n) is 5.30. The number of halogens is 3. The number of benzene rings is 1. The van der Waals surface area contributed by atoms with Crippen LogP contribution in [0.1, 0.15) is 17.5 Å². The lowest BCUT2D eigenvalue weighted by molar-refractivity contribution is -0.137. The number of aliphatic hydroxyl groups is 1. The molecule has 1 aromatic rings.